The number of carboxylic acid groups (broad SMARTS) is 1. The minimum absolute atomic E-state index is 0.201. The van der Waals surface area contributed by atoms with Gasteiger partial charge in [-0.25, -0.2) is 4.68 Å². The third kappa shape index (κ3) is 2.63. The molecule has 2 aliphatic rings. The summed E-state index contributed by atoms with van der Waals surface area (Å²) in [6, 6.07) is 10.3. The van der Waals surface area contributed by atoms with Gasteiger partial charge in [0.2, 0.25) is 0 Å². The molecule has 0 unspecified atom stereocenters. The first-order valence-corrected chi connectivity index (χ1v) is 8.73. The number of carboxylic acids is 1. The van der Waals surface area contributed by atoms with Gasteiger partial charge in [0.05, 0.1) is 17.3 Å². The normalized spacial score (nSPS) is 23.5. The molecular weight excluding hydrogens is 302 g/mol. The number of nitrogens with zero attached hydrogens (tertiary/aromatic N) is 3. The summed E-state index contributed by atoms with van der Waals surface area (Å²) in [6.45, 7) is 4.26. The fourth-order valence-electron chi connectivity index (χ4n) is 4.15. The maximum absolute atomic E-state index is 11.3. The highest BCUT2D eigenvalue weighted by molar-refractivity contribution is 5.71. The molecule has 126 valence electrons. The molecule has 0 amide bonds. The van der Waals surface area contributed by atoms with Gasteiger partial charge in [0.1, 0.15) is 0 Å². The minimum Gasteiger partial charge on any atom is -0.481 e. The molecular formula is C19H23N3O2. The molecule has 2 atom stereocenters. The summed E-state index contributed by atoms with van der Waals surface area (Å²) in [7, 11) is 0. The summed E-state index contributed by atoms with van der Waals surface area (Å²) in [6.07, 6.45) is 3.34. The number of aromatic nitrogens is 2. The Morgan fingerprint density at radius 1 is 1.25 bits per heavy atom. The molecule has 4 rings (SSSR count). The standard InChI is InChI=1S/C19H23N3O2/c1-13-10-21(11-16(13)19(23)24)12-17-15-8-5-9-18(15)22(20-17)14-6-3-2-4-7-14/h2-4,6-7,13,16H,5,8-12H2,1H3,(H,23,24)/t13-,16-/m1/s1. The fourth-order valence-corrected chi connectivity index (χ4v) is 4.15. The van der Waals surface area contributed by atoms with E-state index in [9.17, 15) is 9.90 Å². The number of likely N-dealkylation sites (tertiary alicyclic amines) is 1. The van der Waals surface area contributed by atoms with E-state index in [-0.39, 0.29) is 11.8 Å². The predicted octanol–water partition coefficient (Wildman–Crippen LogP) is 2.51. The van der Waals surface area contributed by atoms with Gasteiger partial charge in [-0.05, 0) is 42.9 Å². The van der Waals surface area contributed by atoms with Gasteiger partial charge in [0.15, 0.2) is 0 Å². The van der Waals surface area contributed by atoms with Crippen LogP contribution in [0.3, 0.4) is 0 Å². The van der Waals surface area contributed by atoms with Crippen LogP contribution in [-0.4, -0.2) is 38.8 Å². The number of para-hydroxylation sites is 1. The first-order chi connectivity index (χ1) is 11.6. The van der Waals surface area contributed by atoms with Crippen molar-refractivity contribution in [2.45, 2.75) is 32.7 Å². The van der Waals surface area contributed by atoms with Crippen molar-refractivity contribution in [2.24, 2.45) is 11.8 Å². The largest absolute Gasteiger partial charge is 0.481 e. The lowest BCUT2D eigenvalue weighted by Gasteiger charge is -2.14. The Balaban J connectivity index is 1.60. The van der Waals surface area contributed by atoms with Gasteiger partial charge in [0, 0.05) is 25.3 Å². The van der Waals surface area contributed by atoms with Gasteiger partial charge in [0.25, 0.3) is 0 Å². The lowest BCUT2D eigenvalue weighted by molar-refractivity contribution is -0.142. The average Bonchev–Trinajstić information content (AvgIpc) is 3.25. The van der Waals surface area contributed by atoms with Crippen molar-refractivity contribution in [3.05, 3.63) is 47.3 Å². The van der Waals surface area contributed by atoms with Crippen LogP contribution in [0, 0.1) is 11.8 Å². The Morgan fingerprint density at radius 3 is 2.75 bits per heavy atom. The van der Waals surface area contributed by atoms with Gasteiger partial charge >= 0.3 is 5.97 Å². The van der Waals surface area contributed by atoms with Crippen molar-refractivity contribution in [2.75, 3.05) is 13.1 Å². The molecule has 1 N–H and O–H groups in total. The summed E-state index contributed by atoms with van der Waals surface area (Å²) in [4.78, 5) is 13.6. The molecule has 0 saturated carbocycles. The van der Waals surface area contributed by atoms with Gasteiger partial charge in [-0.15, -0.1) is 0 Å². The third-order valence-electron chi connectivity index (χ3n) is 5.39. The van der Waals surface area contributed by atoms with Crippen LogP contribution in [0.5, 0.6) is 0 Å². The van der Waals surface area contributed by atoms with Crippen LogP contribution in [0.15, 0.2) is 30.3 Å². The lowest BCUT2D eigenvalue weighted by Crippen LogP contribution is -2.23. The molecule has 0 radical (unpaired) electrons. The molecule has 2 heterocycles. The number of benzene rings is 1. The van der Waals surface area contributed by atoms with E-state index in [1.807, 2.05) is 25.1 Å². The van der Waals surface area contributed by atoms with Crippen molar-refractivity contribution in [3.63, 3.8) is 0 Å². The number of hydrogen-bond donors (Lipinski definition) is 1. The van der Waals surface area contributed by atoms with Crippen LogP contribution in [0.2, 0.25) is 0 Å². The van der Waals surface area contributed by atoms with Gasteiger partial charge < -0.3 is 5.11 Å². The summed E-state index contributed by atoms with van der Waals surface area (Å²) < 4.78 is 2.09. The molecule has 0 bridgehead atoms. The first kappa shape index (κ1) is 15.4. The highest BCUT2D eigenvalue weighted by atomic mass is 16.4. The van der Waals surface area contributed by atoms with Crippen LogP contribution in [0.4, 0.5) is 0 Å². The second-order valence-corrected chi connectivity index (χ2v) is 7.09. The lowest BCUT2D eigenvalue weighted by atomic mass is 9.99. The summed E-state index contributed by atoms with van der Waals surface area (Å²) in [5.74, 6) is -0.731. The molecule has 1 saturated heterocycles. The van der Waals surface area contributed by atoms with E-state index in [0.29, 0.717) is 6.54 Å². The first-order valence-electron chi connectivity index (χ1n) is 8.73. The average molecular weight is 325 g/mol. The van der Waals surface area contributed by atoms with Crippen molar-refractivity contribution in [1.82, 2.24) is 14.7 Å². The number of carbonyl (C=O) groups is 1. The Labute approximate surface area is 141 Å². The molecule has 0 spiro atoms. The van der Waals surface area contributed by atoms with Gasteiger partial charge in [-0.3, -0.25) is 9.69 Å². The van der Waals surface area contributed by atoms with Crippen molar-refractivity contribution in [3.8, 4) is 5.69 Å². The van der Waals surface area contributed by atoms with E-state index in [0.717, 1.165) is 37.3 Å². The Kier molecular flexibility index (Phi) is 3.88. The molecule has 1 aliphatic carbocycles. The van der Waals surface area contributed by atoms with Crippen LogP contribution < -0.4 is 0 Å². The van der Waals surface area contributed by atoms with Gasteiger partial charge in [-0.1, -0.05) is 25.1 Å². The van der Waals surface area contributed by atoms with E-state index in [1.165, 1.54) is 17.7 Å². The number of fused-ring (bicyclic) bond motifs is 1. The smallest absolute Gasteiger partial charge is 0.308 e. The summed E-state index contributed by atoms with van der Waals surface area (Å²) >= 11 is 0. The Morgan fingerprint density at radius 2 is 2.04 bits per heavy atom. The van der Waals surface area contributed by atoms with E-state index in [2.05, 4.69) is 21.7 Å². The van der Waals surface area contributed by atoms with Crippen molar-refractivity contribution >= 4 is 5.97 Å². The Bertz CT molecular complexity index is 753. The van der Waals surface area contributed by atoms with Crippen LogP contribution in [0.25, 0.3) is 5.69 Å². The van der Waals surface area contributed by atoms with Gasteiger partial charge in [-0.2, -0.15) is 5.10 Å². The summed E-state index contributed by atoms with van der Waals surface area (Å²) in [5.41, 5.74) is 4.95. The molecule has 5 nitrogen and oxygen atoms in total. The maximum atomic E-state index is 11.3. The Hall–Kier alpha value is -2.14. The molecule has 2 aromatic rings. The monoisotopic (exact) mass is 325 g/mol. The third-order valence-corrected chi connectivity index (χ3v) is 5.39. The van der Waals surface area contributed by atoms with E-state index >= 15 is 0 Å². The van der Waals surface area contributed by atoms with Crippen LogP contribution in [0.1, 0.15) is 30.3 Å². The quantitative estimate of drug-likeness (QED) is 0.938. The SMILES string of the molecule is C[C@@H]1CN(Cc2nn(-c3ccccc3)c3c2CCC3)C[C@H]1C(=O)O. The van der Waals surface area contributed by atoms with Crippen molar-refractivity contribution in [1.29, 1.82) is 0 Å². The van der Waals surface area contributed by atoms with Crippen LogP contribution >= 0.6 is 0 Å². The predicted molar refractivity (Wildman–Crippen MR) is 91.2 cm³/mol. The fraction of sp³-hybridized carbons (Fsp3) is 0.474. The zero-order chi connectivity index (χ0) is 16.7. The highest BCUT2D eigenvalue weighted by Crippen LogP contribution is 2.30. The van der Waals surface area contributed by atoms with E-state index in [1.54, 1.807) is 0 Å². The zero-order valence-corrected chi connectivity index (χ0v) is 14.0. The minimum atomic E-state index is -0.676. The number of aliphatic carboxylic acids is 1. The summed E-state index contributed by atoms with van der Waals surface area (Å²) in [5, 5.41) is 14.2. The number of rotatable bonds is 4. The zero-order valence-electron chi connectivity index (χ0n) is 14.0. The van der Waals surface area contributed by atoms with E-state index in [4.69, 9.17) is 5.10 Å². The molecule has 24 heavy (non-hydrogen) atoms. The van der Waals surface area contributed by atoms with Crippen LogP contribution in [-0.2, 0) is 24.2 Å². The topological polar surface area (TPSA) is 58.4 Å². The molecule has 1 aromatic carbocycles. The molecule has 5 heteroatoms. The molecule has 1 fully saturated rings. The maximum Gasteiger partial charge on any atom is 0.308 e. The van der Waals surface area contributed by atoms with Crippen molar-refractivity contribution < 1.29 is 9.90 Å². The van der Waals surface area contributed by atoms with E-state index < -0.39 is 5.97 Å². The number of hydrogen-bond acceptors (Lipinski definition) is 3. The second kappa shape index (κ2) is 6.06. The molecule has 1 aliphatic heterocycles. The second-order valence-electron chi connectivity index (χ2n) is 7.09. The highest BCUT2D eigenvalue weighted by Gasteiger charge is 2.35. The molecule has 1 aromatic heterocycles.